The van der Waals surface area contributed by atoms with Crippen molar-refractivity contribution in [3.05, 3.63) is 42.6 Å². The molecule has 138 valence electrons. The number of anilines is 1. The van der Waals surface area contributed by atoms with E-state index in [9.17, 15) is 0 Å². The van der Waals surface area contributed by atoms with Gasteiger partial charge in [-0.25, -0.2) is 9.97 Å². The number of hydrogen-bond acceptors (Lipinski definition) is 7. The first-order chi connectivity index (χ1) is 13.1. The van der Waals surface area contributed by atoms with Crippen LogP contribution in [0, 0.1) is 0 Å². The number of nitrogens with one attached hydrogen (secondary N) is 3. The zero-order chi connectivity index (χ0) is 19.2. The van der Waals surface area contributed by atoms with Crippen molar-refractivity contribution in [2.75, 3.05) is 12.5 Å². The average Bonchev–Trinajstić information content (AvgIpc) is 3.14. The van der Waals surface area contributed by atoms with Crippen molar-refractivity contribution in [1.29, 1.82) is 0 Å². The van der Waals surface area contributed by atoms with Crippen molar-refractivity contribution in [2.24, 2.45) is 10.2 Å². The second kappa shape index (κ2) is 8.65. The Morgan fingerprint density at radius 1 is 1.07 bits per heavy atom. The van der Waals surface area contributed by atoms with Gasteiger partial charge < -0.3 is 5.32 Å². The van der Waals surface area contributed by atoms with Gasteiger partial charge in [0.05, 0.1) is 21.6 Å². The van der Waals surface area contributed by atoms with Crippen molar-refractivity contribution in [3.8, 4) is 10.6 Å². The number of para-hydroxylation sites is 1. The number of thiocarbonyl (C=S) groups is 1. The Morgan fingerprint density at radius 2 is 1.85 bits per heavy atom. The topological polar surface area (TPSA) is 86.6 Å². The monoisotopic (exact) mass is 397 g/mol. The van der Waals surface area contributed by atoms with Crippen molar-refractivity contribution in [3.63, 3.8) is 0 Å². The van der Waals surface area contributed by atoms with Gasteiger partial charge in [0.2, 0.25) is 0 Å². The molecule has 3 rings (SSSR count). The van der Waals surface area contributed by atoms with E-state index in [1.807, 2.05) is 44.2 Å². The minimum atomic E-state index is 0.446. The number of nitrogens with zero attached hydrogens (tertiary/aromatic N) is 4. The molecule has 0 aliphatic heterocycles. The molecule has 0 unspecified atom stereocenters. The van der Waals surface area contributed by atoms with E-state index in [1.165, 1.54) is 0 Å². The summed E-state index contributed by atoms with van der Waals surface area (Å²) in [6.45, 7) is 3.70. The summed E-state index contributed by atoms with van der Waals surface area (Å²) in [4.78, 5) is 9.05. The van der Waals surface area contributed by atoms with Crippen molar-refractivity contribution >= 4 is 56.1 Å². The molecule has 0 bridgehead atoms. The third kappa shape index (κ3) is 4.83. The molecule has 3 aromatic rings. The van der Waals surface area contributed by atoms with Crippen LogP contribution in [-0.2, 0) is 0 Å². The number of benzene rings is 1. The van der Waals surface area contributed by atoms with Gasteiger partial charge in [0.1, 0.15) is 10.8 Å². The van der Waals surface area contributed by atoms with Gasteiger partial charge in [-0.1, -0.05) is 12.1 Å². The predicted octanol–water partition coefficient (Wildman–Crippen LogP) is 3.62. The molecular weight excluding hydrogens is 378 g/mol. The molecule has 2 aromatic heterocycles. The minimum Gasteiger partial charge on any atom is -0.364 e. The summed E-state index contributed by atoms with van der Waals surface area (Å²) in [5, 5.41) is 12.6. The highest BCUT2D eigenvalue weighted by atomic mass is 32.1. The average molecular weight is 398 g/mol. The van der Waals surface area contributed by atoms with Gasteiger partial charge in [0.15, 0.2) is 5.11 Å². The minimum absolute atomic E-state index is 0.446. The van der Waals surface area contributed by atoms with Gasteiger partial charge in [-0.15, -0.1) is 11.3 Å². The lowest BCUT2D eigenvalue weighted by Crippen LogP contribution is -2.30. The van der Waals surface area contributed by atoms with E-state index in [0.29, 0.717) is 16.6 Å². The maximum absolute atomic E-state index is 4.98. The Hall–Kier alpha value is -2.91. The molecule has 0 aliphatic rings. The highest BCUT2D eigenvalue weighted by Gasteiger charge is 2.06. The first-order valence-corrected chi connectivity index (χ1v) is 9.44. The fourth-order valence-electron chi connectivity index (χ4n) is 2.08. The van der Waals surface area contributed by atoms with Gasteiger partial charge in [0, 0.05) is 18.8 Å². The van der Waals surface area contributed by atoms with Gasteiger partial charge in [-0.2, -0.15) is 10.2 Å². The number of hydrogen-bond donors (Lipinski definition) is 3. The van der Waals surface area contributed by atoms with E-state index < -0.39 is 0 Å². The second-order valence-corrected chi connectivity index (χ2v) is 7.05. The smallest absolute Gasteiger partial charge is 0.186 e. The van der Waals surface area contributed by atoms with Crippen molar-refractivity contribution < 1.29 is 0 Å². The van der Waals surface area contributed by atoms with E-state index in [1.54, 1.807) is 24.6 Å². The molecule has 7 nitrogen and oxygen atoms in total. The predicted molar refractivity (Wildman–Crippen MR) is 117 cm³/mol. The van der Waals surface area contributed by atoms with E-state index in [2.05, 4.69) is 42.4 Å². The van der Waals surface area contributed by atoms with E-state index in [-0.39, 0.29) is 0 Å². The fourth-order valence-corrected chi connectivity index (χ4v) is 3.08. The third-order valence-corrected chi connectivity index (χ3v) is 5.10. The van der Waals surface area contributed by atoms with Crippen LogP contribution in [0.1, 0.15) is 13.8 Å². The van der Waals surface area contributed by atoms with Crippen LogP contribution in [0.15, 0.2) is 52.8 Å². The van der Waals surface area contributed by atoms with E-state index >= 15 is 0 Å². The number of rotatable bonds is 5. The molecular formula is C18H19N7S2. The molecule has 0 fully saturated rings. The van der Waals surface area contributed by atoms with E-state index in [4.69, 9.17) is 12.2 Å². The maximum Gasteiger partial charge on any atom is 0.186 e. The lowest BCUT2D eigenvalue weighted by molar-refractivity contribution is 0.976. The Bertz CT molecular complexity index is 973. The fraction of sp³-hybridized carbons (Fsp3) is 0.167. The normalized spacial score (nSPS) is 12.1. The lowest BCUT2D eigenvalue weighted by atomic mass is 10.3. The standard InChI is InChI=1S/C18H19N7S2/c1-11(12(2)23-25-18(26)19-3)22-24-16-9-8-13(10-20-16)17-21-14-6-4-5-7-15(14)27-17/h4-10H,1-3H3,(H,20,24)(H2,19,25,26)/b22-11+,23-12+. The summed E-state index contributed by atoms with van der Waals surface area (Å²) < 4.78 is 1.16. The molecule has 27 heavy (non-hydrogen) atoms. The van der Waals surface area contributed by atoms with E-state index in [0.717, 1.165) is 26.5 Å². The largest absolute Gasteiger partial charge is 0.364 e. The van der Waals surface area contributed by atoms with Crippen LogP contribution >= 0.6 is 23.6 Å². The highest BCUT2D eigenvalue weighted by molar-refractivity contribution is 7.80. The summed E-state index contributed by atoms with van der Waals surface area (Å²) in [5.41, 5.74) is 9.07. The summed E-state index contributed by atoms with van der Waals surface area (Å²) in [5.74, 6) is 0.644. The highest BCUT2D eigenvalue weighted by Crippen LogP contribution is 2.29. The molecule has 0 radical (unpaired) electrons. The van der Waals surface area contributed by atoms with Crippen LogP contribution in [0.4, 0.5) is 5.82 Å². The summed E-state index contributed by atoms with van der Waals surface area (Å²) in [6, 6.07) is 11.9. The zero-order valence-corrected chi connectivity index (χ0v) is 16.8. The number of thiazole rings is 1. The first-order valence-electron chi connectivity index (χ1n) is 8.21. The van der Waals surface area contributed by atoms with Crippen LogP contribution in [0.25, 0.3) is 20.8 Å². The third-order valence-electron chi connectivity index (χ3n) is 3.72. The SMILES string of the molecule is CNC(=S)N/N=C(C)/C(C)=N/Nc1ccc(-c2nc3ccccc3s2)cn1. The summed E-state index contributed by atoms with van der Waals surface area (Å²) in [7, 11) is 1.73. The Labute approximate surface area is 166 Å². The molecule has 0 aliphatic carbocycles. The molecule has 9 heteroatoms. The summed E-state index contributed by atoms with van der Waals surface area (Å²) in [6.07, 6.45) is 1.79. The van der Waals surface area contributed by atoms with Crippen molar-refractivity contribution in [1.82, 2.24) is 20.7 Å². The molecule has 0 spiro atoms. The van der Waals surface area contributed by atoms with Gasteiger partial charge in [-0.05, 0) is 50.3 Å². The number of pyridine rings is 1. The lowest BCUT2D eigenvalue weighted by Gasteiger charge is -2.05. The quantitative estimate of drug-likeness (QED) is 0.346. The Kier molecular flexibility index (Phi) is 6.05. The van der Waals surface area contributed by atoms with Crippen LogP contribution in [0.5, 0.6) is 0 Å². The maximum atomic E-state index is 4.98. The molecule has 3 N–H and O–H groups in total. The second-order valence-electron chi connectivity index (χ2n) is 5.62. The first kappa shape index (κ1) is 18.9. The molecule has 0 atom stereocenters. The zero-order valence-electron chi connectivity index (χ0n) is 15.1. The van der Waals surface area contributed by atoms with Crippen molar-refractivity contribution in [2.45, 2.75) is 13.8 Å². The molecule has 0 saturated carbocycles. The number of aromatic nitrogens is 2. The van der Waals surface area contributed by atoms with Gasteiger partial charge >= 0.3 is 0 Å². The summed E-state index contributed by atoms with van der Waals surface area (Å²) >= 11 is 6.63. The van der Waals surface area contributed by atoms with Gasteiger partial charge in [-0.3, -0.25) is 10.9 Å². The molecule has 0 amide bonds. The van der Waals surface area contributed by atoms with Crippen LogP contribution in [0.3, 0.4) is 0 Å². The number of hydrazone groups is 2. The van der Waals surface area contributed by atoms with Crippen LogP contribution in [0.2, 0.25) is 0 Å². The van der Waals surface area contributed by atoms with Crippen LogP contribution < -0.4 is 16.2 Å². The molecule has 0 saturated heterocycles. The molecule has 2 heterocycles. The van der Waals surface area contributed by atoms with Crippen LogP contribution in [-0.4, -0.2) is 33.6 Å². The number of fused-ring (bicyclic) bond motifs is 1. The Balaban J connectivity index is 1.67. The van der Waals surface area contributed by atoms with Gasteiger partial charge in [0.25, 0.3) is 0 Å². The Morgan fingerprint density at radius 3 is 2.56 bits per heavy atom. The molecule has 1 aromatic carbocycles.